The standard InChI is InChI=1S/C22H33N3O2/c1-23-10-5-11-24(13-12-23)16-21(27)25-19-8-9-20(25)22(15-19,17-26)14-18-6-3-2-4-7-18/h2-4,6-7,19-20,26H,5,8-17H2,1H3/t19-,20+,22-/m0/s1. The van der Waals surface area contributed by atoms with Crippen LogP contribution in [0.25, 0.3) is 0 Å². The largest absolute Gasteiger partial charge is 0.396 e. The van der Waals surface area contributed by atoms with Gasteiger partial charge in [0.05, 0.1) is 13.2 Å². The zero-order valence-corrected chi connectivity index (χ0v) is 16.5. The second-order valence-electron chi connectivity index (χ2n) is 8.87. The average molecular weight is 372 g/mol. The van der Waals surface area contributed by atoms with Gasteiger partial charge in [-0.1, -0.05) is 30.3 Å². The monoisotopic (exact) mass is 371 g/mol. The zero-order valence-electron chi connectivity index (χ0n) is 16.5. The van der Waals surface area contributed by atoms with E-state index in [0.717, 1.165) is 58.3 Å². The number of hydrogen-bond acceptors (Lipinski definition) is 4. The topological polar surface area (TPSA) is 47.0 Å². The van der Waals surface area contributed by atoms with E-state index in [1.54, 1.807) is 0 Å². The smallest absolute Gasteiger partial charge is 0.237 e. The molecule has 3 heterocycles. The summed E-state index contributed by atoms with van der Waals surface area (Å²) < 4.78 is 0. The fourth-order valence-corrected chi connectivity index (χ4v) is 5.62. The average Bonchev–Trinajstić information content (AvgIpc) is 3.15. The number of amides is 1. The summed E-state index contributed by atoms with van der Waals surface area (Å²) in [6.07, 6.45) is 5.06. The number of fused-ring (bicyclic) bond motifs is 2. The van der Waals surface area contributed by atoms with Gasteiger partial charge in [-0.15, -0.1) is 0 Å². The molecule has 3 fully saturated rings. The van der Waals surface area contributed by atoms with E-state index < -0.39 is 0 Å². The Morgan fingerprint density at radius 3 is 2.74 bits per heavy atom. The highest BCUT2D eigenvalue weighted by molar-refractivity contribution is 5.80. The first-order chi connectivity index (χ1) is 13.1. The molecular weight excluding hydrogens is 338 g/mol. The van der Waals surface area contributed by atoms with Crippen LogP contribution in [0, 0.1) is 5.41 Å². The van der Waals surface area contributed by atoms with Gasteiger partial charge in [0.15, 0.2) is 0 Å². The quantitative estimate of drug-likeness (QED) is 0.854. The lowest BCUT2D eigenvalue weighted by molar-refractivity contribution is -0.134. The maximum atomic E-state index is 13.2. The highest BCUT2D eigenvalue weighted by Crippen LogP contribution is 2.51. The third kappa shape index (κ3) is 3.78. The summed E-state index contributed by atoms with van der Waals surface area (Å²) in [5.74, 6) is 0.274. The number of carbonyl (C=O) groups is 1. The van der Waals surface area contributed by atoms with Gasteiger partial charge in [-0.25, -0.2) is 0 Å². The van der Waals surface area contributed by atoms with E-state index in [9.17, 15) is 9.90 Å². The molecule has 3 atom stereocenters. The first kappa shape index (κ1) is 18.9. The Morgan fingerprint density at radius 1 is 1.15 bits per heavy atom. The van der Waals surface area contributed by atoms with Crippen molar-refractivity contribution in [2.45, 2.75) is 44.2 Å². The summed E-state index contributed by atoms with van der Waals surface area (Å²) >= 11 is 0. The van der Waals surface area contributed by atoms with Gasteiger partial charge in [0.1, 0.15) is 0 Å². The molecule has 0 unspecified atom stereocenters. The fraction of sp³-hybridized carbons (Fsp3) is 0.682. The molecule has 1 amide bonds. The van der Waals surface area contributed by atoms with Crippen molar-refractivity contribution in [1.29, 1.82) is 0 Å². The second-order valence-corrected chi connectivity index (χ2v) is 8.87. The van der Waals surface area contributed by atoms with E-state index >= 15 is 0 Å². The molecule has 3 aliphatic rings. The van der Waals surface area contributed by atoms with Crippen molar-refractivity contribution in [2.24, 2.45) is 5.41 Å². The number of hydrogen-bond donors (Lipinski definition) is 1. The molecule has 148 valence electrons. The van der Waals surface area contributed by atoms with E-state index in [-0.39, 0.29) is 24.0 Å². The Balaban J connectivity index is 1.45. The lowest BCUT2D eigenvalue weighted by Crippen LogP contribution is -2.47. The summed E-state index contributed by atoms with van der Waals surface area (Å²) in [5, 5.41) is 10.3. The Hall–Kier alpha value is -1.43. The first-order valence-corrected chi connectivity index (χ1v) is 10.5. The molecule has 0 saturated carbocycles. The number of aliphatic hydroxyl groups is 1. The van der Waals surface area contributed by atoms with Gasteiger partial charge in [0.2, 0.25) is 5.91 Å². The predicted octanol–water partition coefficient (Wildman–Crippen LogP) is 1.61. The molecule has 1 aromatic rings. The molecule has 5 heteroatoms. The van der Waals surface area contributed by atoms with Crippen LogP contribution in [-0.2, 0) is 11.2 Å². The van der Waals surface area contributed by atoms with Crippen molar-refractivity contribution in [2.75, 3.05) is 46.4 Å². The maximum Gasteiger partial charge on any atom is 0.237 e. The van der Waals surface area contributed by atoms with Crippen molar-refractivity contribution in [3.8, 4) is 0 Å². The normalized spacial score (nSPS) is 32.0. The van der Waals surface area contributed by atoms with Crippen LogP contribution in [0.5, 0.6) is 0 Å². The fourth-order valence-electron chi connectivity index (χ4n) is 5.62. The molecule has 27 heavy (non-hydrogen) atoms. The van der Waals surface area contributed by atoms with Crippen molar-refractivity contribution >= 4 is 5.91 Å². The third-order valence-corrected chi connectivity index (χ3v) is 7.02. The molecule has 0 radical (unpaired) electrons. The van der Waals surface area contributed by atoms with Crippen LogP contribution >= 0.6 is 0 Å². The van der Waals surface area contributed by atoms with Crippen LogP contribution < -0.4 is 0 Å². The number of rotatable bonds is 5. The maximum absolute atomic E-state index is 13.2. The minimum absolute atomic E-state index is 0.168. The molecule has 4 rings (SSSR count). The molecule has 2 bridgehead atoms. The molecule has 0 spiro atoms. The van der Waals surface area contributed by atoms with Gasteiger partial charge in [-0.2, -0.15) is 0 Å². The van der Waals surface area contributed by atoms with Crippen LogP contribution in [0.15, 0.2) is 30.3 Å². The summed E-state index contributed by atoms with van der Waals surface area (Å²) in [4.78, 5) is 20.0. The van der Waals surface area contributed by atoms with Crippen LogP contribution in [0.2, 0.25) is 0 Å². The third-order valence-electron chi connectivity index (χ3n) is 7.02. The van der Waals surface area contributed by atoms with Gasteiger partial charge in [-0.05, 0) is 57.8 Å². The minimum Gasteiger partial charge on any atom is -0.396 e. The summed E-state index contributed by atoms with van der Waals surface area (Å²) in [7, 11) is 2.16. The molecule has 1 N–H and O–H groups in total. The number of benzene rings is 1. The van der Waals surface area contributed by atoms with Crippen LogP contribution in [0.3, 0.4) is 0 Å². The van der Waals surface area contributed by atoms with E-state index in [1.807, 2.05) is 6.07 Å². The Kier molecular flexibility index (Phi) is 5.53. The number of nitrogens with zero attached hydrogens (tertiary/aromatic N) is 3. The van der Waals surface area contributed by atoms with Crippen LogP contribution in [-0.4, -0.2) is 84.2 Å². The first-order valence-electron chi connectivity index (χ1n) is 10.5. The number of carbonyl (C=O) groups excluding carboxylic acids is 1. The van der Waals surface area contributed by atoms with Gasteiger partial charge < -0.3 is 14.9 Å². The summed E-state index contributed by atoms with van der Waals surface area (Å²) in [6, 6.07) is 10.9. The molecule has 3 saturated heterocycles. The van der Waals surface area contributed by atoms with Crippen molar-refractivity contribution in [3.05, 3.63) is 35.9 Å². The molecule has 1 aromatic carbocycles. The Bertz CT molecular complexity index is 652. The number of aliphatic hydroxyl groups excluding tert-OH is 1. The lowest BCUT2D eigenvalue weighted by atomic mass is 9.70. The molecule has 5 nitrogen and oxygen atoms in total. The Morgan fingerprint density at radius 2 is 1.96 bits per heavy atom. The van der Waals surface area contributed by atoms with E-state index in [0.29, 0.717) is 12.6 Å². The van der Waals surface area contributed by atoms with Gasteiger partial charge in [0.25, 0.3) is 0 Å². The van der Waals surface area contributed by atoms with Crippen LogP contribution in [0.1, 0.15) is 31.2 Å². The van der Waals surface area contributed by atoms with Gasteiger partial charge in [-0.3, -0.25) is 9.69 Å². The van der Waals surface area contributed by atoms with Crippen molar-refractivity contribution in [3.63, 3.8) is 0 Å². The molecular formula is C22H33N3O2. The molecule has 0 aliphatic carbocycles. The second kappa shape index (κ2) is 7.90. The van der Waals surface area contributed by atoms with E-state index in [4.69, 9.17) is 0 Å². The van der Waals surface area contributed by atoms with E-state index in [1.165, 1.54) is 5.56 Å². The summed E-state index contributed by atoms with van der Waals surface area (Å²) in [6.45, 7) is 4.84. The van der Waals surface area contributed by atoms with Gasteiger partial charge >= 0.3 is 0 Å². The Labute approximate surface area is 162 Å². The zero-order chi connectivity index (χ0) is 18.9. The van der Waals surface area contributed by atoms with Gasteiger partial charge in [0, 0.05) is 30.6 Å². The van der Waals surface area contributed by atoms with Crippen molar-refractivity contribution in [1.82, 2.24) is 14.7 Å². The highest BCUT2D eigenvalue weighted by atomic mass is 16.3. The molecule has 3 aliphatic heterocycles. The summed E-state index contributed by atoms with van der Waals surface area (Å²) in [5.41, 5.74) is 1.10. The van der Waals surface area contributed by atoms with Crippen LogP contribution in [0.4, 0.5) is 0 Å². The number of likely N-dealkylation sites (N-methyl/N-ethyl adjacent to an activating group) is 1. The lowest BCUT2D eigenvalue weighted by Gasteiger charge is -2.36. The van der Waals surface area contributed by atoms with Crippen molar-refractivity contribution < 1.29 is 9.90 Å². The predicted molar refractivity (Wildman–Crippen MR) is 106 cm³/mol. The minimum atomic E-state index is -0.168. The highest BCUT2D eigenvalue weighted by Gasteiger charge is 2.56. The SMILES string of the molecule is CN1CCCN(CC(=O)N2[C@H]3CC[C@@H]2[C@@](CO)(Cc2ccccc2)C3)CC1. The van der Waals surface area contributed by atoms with E-state index in [2.05, 4.69) is 46.0 Å². The molecule has 0 aromatic heterocycles.